The Kier molecular flexibility index (Phi) is 4.61. The fourth-order valence-electron chi connectivity index (χ4n) is 3.33. The summed E-state index contributed by atoms with van der Waals surface area (Å²) in [4.78, 5) is 28.8. The number of nitrogens with one attached hydrogen (secondary N) is 1. The van der Waals surface area contributed by atoms with Gasteiger partial charge in [-0.15, -0.1) is 11.3 Å². The lowest BCUT2D eigenvalue weighted by molar-refractivity contribution is -0.120. The van der Waals surface area contributed by atoms with Crippen molar-refractivity contribution in [3.63, 3.8) is 0 Å². The van der Waals surface area contributed by atoms with Crippen LogP contribution in [-0.4, -0.2) is 11.8 Å². The van der Waals surface area contributed by atoms with E-state index < -0.39 is 0 Å². The first kappa shape index (κ1) is 18.2. The maximum atomic E-state index is 13.4. The van der Waals surface area contributed by atoms with E-state index in [2.05, 4.69) is 5.32 Å². The molecule has 0 fully saturated rings. The topological polar surface area (TPSA) is 49.4 Å². The molecule has 0 aliphatic carbocycles. The number of carbonyl (C=O) groups is 2. The standard InChI is InChI=1S/C23H20N2O2S/c1-14-10-11-15(2)17(13-14)24-21-20(19-9-6-12-28-19)22(26)25(23(21)27)18-8-5-4-7-16(18)3/h4-13,24H,1-3H3. The zero-order valence-corrected chi connectivity index (χ0v) is 16.8. The second-order valence-electron chi connectivity index (χ2n) is 6.90. The third-order valence-electron chi connectivity index (χ3n) is 4.86. The average Bonchev–Trinajstić information content (AvgIpc) is 3.27. The minimum Gasteiger partial charge on any atom is -0.350 e. The lowest BCUT2D eigenvalue weighted by Gasteiger charge is -2.18. The number of imide groups is 1. The lowest BCUT2D eigenvalue weighted by Crippen LogP contribution is -2.33. The summed E-state index contributed by atoms with van der Waals surface area (Å²) < 4.78 is 0. The number of nitrogens with zero attached hydrogens (tertiary/aromatic N) is 1. The summed E-state index contributed by atoms with van der Waals surface area (Å²) in [6.07, 6.45) is 0. The second kappa shape index (κ2) is 7.09. The van der Waals surface area contributed by atoms with Crippen LogP contribution >= 0.6 is 11.3 Å². The van der Waals surface area contributed by atoms with Gasteiger partial charge in [-0.05, 0) is 61.0 Å². The van der Waals surface area contributed by atoms with Gasteiger partial charge in [0.1, 0.15) is 5.70 Å². The van der Waals surface area contributed by atoms with Crippen LogP contribution in [0.5, 0.6) is 0 Å². The van der Waals surface area contributed by atoms with Gasteiger partial charge in [0.05, 0.1) is 11.3 Å². The molecule has 1 aliphatic heterocycles. The van der Waals surface area contributed by atoms with Crippen molar-refractivity contribution in [3.8, 4) is 0 Å². The van der Waals surface area contributed by atoms with Crippen molar-refractivity contribution < 1.29 is 9.59 Å². The highest BCUT2D eigenvalue weighted by Gasteiger charge is 2.41. The van der Waals surface area contributed by atoms with Gasteiger partial charge in [0.25, 0.3) is 11.8 Å². The summed E-state index contributed by atoms with van der Waals surface area (Å²) in [6.45, 7) is 5.88. The molecule has 0 saturated carbocycles. The van der Waals surface area contributed by atoms with Gasteiger partial charge >= 0.3 is 0 Å². The Bertz CT molecular complexity index is 1110. The van der Waals surface area contributed by atoms with Crippen molar-refractivity contribution in [3.05, 3.63) is 87.2 Å². The Morgan fingerprint density at radius 1 is 0.857 bits per heavy atom. The van der Waals surface area contributed by atoms with Crippen LogP contribution in [0.1, 0.15) is 21.6 Å². The van der Waals surface area contributed by atoms with Crippen molar-refractivity contribution in [2.24, 2.45) is 0 Å². The predicted octanol–water partition coefficient (Wildman–Crippen LogP) is 5.07. The molecule has 0 radical (unpaired) electrons. The van der Waals surface area contributed by atoms with Crippen LogP contribution in [0.25, 0.3) is 5.57 Å². The molecule has 5 heteroatoms. The van der Waals surface area contributed by atoms with Crippen molar-refractivity contribution in [1.82, 2.24) is 0 Å². The van der Waals surface area contributed by atoms with E-state index in [-0.39, 0.29) is 11.8 Å². The lowest BCUT2D eigenvalue weighted by atomic mass is 10.1. The molecular weight excluding hydrogens is 368 g/mol. The largest absolute Gasteiger partial charge is 0.350 e. The molecule has 3 aromatic rings. The Labute approximate surface area is 168 Å². The van der Waals surface area contributed by atoms with Crippen molar-refractivity contribution >= 4 is 40.1 Å². The van der Waals surface area contributed by atoms with Gasteiger partial charge in [-0.1, -0.05) is 36.4 Å². The highest BCUT2D eigenvalue weighted by atomic mass is 32.1. The van der Waals surface area contributed by atoms with Crippen LogP contribution in [0.4, 0.5) is 11.4 Å². The van der Waals surface area contributed by atoms with Crippen molar-refractivity contribution in [1.29, 1.82) is 0 Å². The molecule has 2 aromatic carbocycles. The number of thiophene rings is 1. The van der Waals surface area contributed by atoms with E-state index in [0.717, 1.165) is 27.3 Å². The molecule has 4 nitrogen and oxygen atoms in total. The van der Waals surface area contributed by atoms with Crippen LogP contribution < -0.4 is 10.2 Å². The molecular formula is C23H20N2O2S. The molecule has 1 aromatic heterocycles. The zero-order chi connectivity index (χ0) is 19.8. The van der Waals surface area contributed by atoms with E-state index in [1.165, 1.54) is 16.2 Å². The summed E-state index contributed by atoms with van der Waals surface area (Å²) in [6, 6.07) is 17.2. The minimum atomic E-state index is -0.330. The normalized spacial score (nSPS) is 14.2. The highest BCUT2D eigenvalue weighted by Crippen LogP contribution is 2.36. The van der Waals surface area contributed by atoms with E-state index >= 15 is 0 Å². The van der Waals surface area contributed by atoms with Crippen LogP contribution in [0.3, 0.4) is 0 Å². The number of carbonyl (C=O) groups excluding carboxylic acids is 2. The van der Waals surface area contributed by atoms with E-state index in [9.17, 15) is 9.59 Å². The molecule has 4 rings (SSSR count). The van der Waals surface area contributed by atoms with Gasteiger partial charge in [0, 0.05) is 10.6 Å². The number of rotatable bonds is 4. The van der Waals surface area contributed by atoms with Crippen LogP contribution in [0, 0.1) is 20.8 Å². The monoisotopic (exact) mass is 388 g/mol. The predicted molar refractivity (Wildman–Crippen MR) is 114 cm³/mol. The Morgan fingerprint density at radius 3 is 2.36 bits per heavy atom. The van der Waals surface area contributed by atoms with Gasteiger partial charge in [0.15, 0.2) is 0 Å². The molecule has 2 heterocycles. The fraction of sp³-hybridized carbons (Fsp3) is 0.130. The number of amides is 2. The van der Waals surface area contributed by atoms with E-state index in [0.29, 0.717) is 17.0 Å². The molecule has 0 atom stereocenters. The summed E-state index contributed by atoms with van der Waals surface area (Å²) in [5.41, 5.74) is 5.16. The molecule has 140 valence electrons. The molecule has 1 aliphatic rings. The second-order valence-corrected chi connectivity index (χ2v) is 7.85. The average molecular weight is 388 g/mol. The molecule has 28 heavy (non-hydrogen) atoms. The van der Waals surface area contributed by atoms with Crippen LogP contribution in [0.2, 0.25) is 0 Å². The van der Waals surface area contributed by atoms with E-state index in [4.69, 9.17) is 0 Å². The van der Waals surface area contributed by atoms with Crippen molar-refractivity contribution in [2.75, 3.05) is 10.2 Å². The molecule has 0 spiro atoms. The minimum absolute atomic E-state index is 0.297. The molecule has 0 bridgehead atoms. The third-order valence-corrected chi connectivity index (χ3v) is 5.75. The number of benzene rings is 2. The van der Waals surface area contributed by atoms with E-state index in [1.807, 2.05) is 74.7 Å². The van der Waals surface area contributed by atoms with Gasteiger partial charge in [-0.3, -0.25) is 9.59 Å². The summed E-state index contributed by atoms with van der Waals surface area (Å²) in [7, 11) is 0. The summed E-state index contributed by atoms with van der Waals surface area (Å²) in [5, 5.41) is 5.17. The van der Waals surface area contributed by atoms with Gasteiger partial charge < -0.3 is 5.32 Å². The van der Waals surface area contributed by atoms with Gasteiger partial charge in [-0.2, -0.15) is 0 Å². The Morgan fingerprint density at radius 2 is 1.64 bits per heavy atom. The zero-order valence-electron chi connectivity index (χ0n) is 15.9. The number of hydrogen-bond acceptors (Lipinski definition) is 4. The SMILES string of the molecule is Cc1ccc(C)c(NC2=C(c3cccs3)C(=O)N(c3ccccc3C)C2=O)c1. The van der Waals surface area contributed by atoms with Crippen LogP contribution in [0.15, 0.2) is 65.7 Å². The Balaban J connectivity index is 1.84. The maximum Gasteiger partial charge on any atom is 0.282 e. The number of anilines is 2. The van der Waals surface area contributed by atoms with Crippen LogP contribution in [-0.2, 0) is 9.59 Å². The highest BCUT2D eigenvalue weighted by molar-refractivity contribution is 7.11. The maximum absolute atomic E-state index is 13.4. The number of hydrogen-bond donors (Lipinski definition) is 1. The quantitative estimate of drug-likeness (QED) is 0.635. The smallest absolute Gasteiger partial charge is 0.282 e. The van der Waals surface area contributed by atoms with Crippen molar-refractivity contribution in [2.45, 2.75) is 20.8 Å². The Hall–Kier alpha value is -3.18. The first-order chi connectivity index (χ1) is 13.5. The molecule has 1 N–H and O–H groups in total. The summed E-state index contributed by atoms with van der Waals surface area (Å²) >= 11 is 1.45. The first-order valence-electron chi connectivity index (χ1n) is 9.04. The number of aryl methyl sites for hydroxylation is 3. The van der Waals surface area contributed by atoms with Gasteiger partial charge in [-0.25, -0.2) is 4.90 Å². The fourth-order valence-corrected chi connectivity index (χ4v) is 4.10. The molecule has 2 amide bonds. The van der Waals surface area contributed by atoms with E-state index in [1.54, 1.807) is 6.07 Å². The molecule has 0 saturated heterocycles. The third kappa shape index (κ3) is 3.04. The van der Waals surface area contributed by atoms with Gasteiger partial charge in [0.2, 0.25) is 0 Å². The molecule has 0 unspecified atom stereocenters. The first-order valence-corrected chi connectivity index (χ1v) is 9.92. The number of para-hydroxylation sites is 1. The summed E-state index contributed by atoms with van der Waals surface area (Å²) in [5.74, 6) is -0.627.